The van der Waals surface area contributed by atoms with Crippen LogP contribution in [0.2, 0.25) is 5.02 Å². The summed E-state index contributed by atoms with van der Waals surface area (Å²) in [5.41, 5.74) is -1.91. The Kier molecular flexibility index (Phi) is 3.41. The first-order valence-electron chi connectivity index (χ1n) is 5.33. The van der Waals surface area contributed by atoms with Crippen LogP contribution < -0.4 is 5.56 Å². The van der Waals surface area contributed by atoms with Gasteiger partial charge in [0.2, 0.25) is 0 Å². The van der Waals surface area contributed by atoms with Crippen molar-refractivity contribution >= 4 is 11.6 Å². The average molecular weight is 288 g/mol. The van der Waals surface area contributed by atoms with Crippen molar-refractivity contribution in [3.63, 3.8) is 0 Å². The van der Waals surface area contributed by atoms with Gasteiger partial charge in [0, 0.05) is 18.3 Å². The molecule has 0 saturated heterocycles. The molecule has 2 aromatic rings. The third-order valence-electron chi connectivity index (χ3n) is 2.69. The van der Waals surface area contributed by atoms with Crippen LogP contribution in [-0.2, 0) is 13.2 Å². The number of nitrogens with zero attached hydrogens (tertiary/aromatic N) is 1. The van der Waals surface area contributed by atoms with Gasteiger partial charge in [0.05, 0.1) is 11.1 Å². The van der Waals surface area contributed by atoms with Crippen LogP contribution in [0, 0.1) is 0 Å². The summed E-state index contributed by atoms with van der Waals surface area (Å²) in [6, 6.07) is 6.69. The number of aryl methyl sites for hydroxylation is 1. The molecule has 0 aliphatic rings. The molecule has 6 heteroatoms. The van der Waals surface area contributed by atoms with E-state index in [-0.39, 0.29) is 16.1 Å². The standard InChI is InChI=1S/C13H9ClF3NO/c1-18-6-5-10(13(15,16)17)11(12(18)19)8-3-2-4-9(14)7-8/h2-7H,1H3. The van der Waals surface area contributed by atoms with Gasteiger partial charge in [0.1, 0.15) is 0 Å². The SMILES string of the molecule is Cn1ccc(C(F)(F)F)c(-c2cccc(Cl)c2)c1=O. The van der Waals surface area contributed by atoms with Crippen LogP contribution in [0.4, 0.5) is 13.2 Å². The van der Waals surface area contributed by atoms with Crippen molar-refractivity contribution in [2.45, 2.75) is 6.18 Å². The molecule has 0 unspecified atom stereocenters. The quantitative estimate of drug-likeness (QED) is 0.783. The third-order valence-corrected chi connectivity index (χ3v) is 2.92. The van der Waals surface area contributed by atoms with Crippen LogP contribution in [-0.4, -0.2) is 4.57 Å². The van der Waals surface area contributed by atoms with Gasteiger partial charge in [-0.15, -0.1) is 0 Å². The normalized spacial score (nSPS) is 11.6. The predicted octanol–water partition coefficient (Wildman–Crippen LogP) is 3.72. The van der Waals surface area contributed by atoms with E-state index in [0.717, 1.165) is 16.8 Å². The van der Waals surface area contributed by atoms with Crippen LogP contribution in [0.3, 0.4) is 0 Å². The van der Waals surface area contributed by atoms with Crippen molar-refractivity contribution < 1.29 is 13.2 Å². The number of aromatic nitrogens is 1. The second-order valence-corrected chi connectivity index (χ2v) is 4.47. The molecule has 19 heavy (non-hydrogen) atoms. The predicted molar refractivity (Wildman–Crippen MR) is 67.1 cm³/mol. The molecule has 0 amide bonds. The maximum Gasteiger partial charge on any atom is 0.417 e. The third kappa shape index (κ3) is 2.66. The molecular formula is C13H9ClF3NO. The number of hydrogen-bond acceptors (Lipinski definition) is 1. The molecule has 0 fully saturated rings. The molecule has 0 aliphatic carbocycles. The first-order chi connectivity index (χ1) is 8.80. The molecule has 0 bridgehead atoms. The van der Waals surface area contributed by atoms with E-state index in [1.54, 1.807) is 0 Å². The Labute approximate surface area is 112 Å². The number of pyridine rings is 1. The molecule has 1 heterocycles. The topological polar surface area (TPSA) is 22.0 Å². The van der Waals surface area contributed by atoms with E-state index in [2.05, 4.69) is 0 Å². The second-order valence-electron chi connectivity index (χ2n) is 4.03. The van der Waals surface area contributed by atoms with E-state index >= 15 is 0 Å². The van der Waals surface area contributed by atoms with Gasteiger partial charge < -0.3 is 4.57 Å². The molecule has 0 aliphatic heterocycles. The molecule has 2 rings (SSSR count). The molecule has 0 N–H and O–H groups in total. The fraction of sp³-hybridized carbons (Fsp3) is 0.154. The van der Waals surface area contributed by atoms with Crippen molar-refractivity contribution in [3.8, 4) is 11.1 Å². The molecular weight excluding hydrogens is 279 g/mol. The van der Waals surface area contributed by atoms with E-state index in [0.29, 0.717) is 0 Å². The lowest BCUT2D eigenvalue weighted by Gasteiger charge is -2.13. The number of alkyl halides is 3. The van der Waals surface area contributed by atoms with Crippen molar-refractivity contribution in [2.75, 3.05) is 0 Å². The van der Waals surface area contributed by atoms with Gasteiger partial charge in [-0.1, -0.05) is 23.7 Å². The van der Waals surface area contributed by atoms with Gasteiger partial charge in [-0.3, -0.25) is 4.79 Å². The fourth-order valence-electron chi connectivity index (χ4n) is 1.79. The van der Waals surface area contributed by atoms with Gasteiger partial charge in [0.15, 0.2) is 0 Å². The molecule has 1 aromatic carbocycles. The number of benzene rings is 1. The Hall–Kier alpha value is -1.75. The van der Waals surface area contributed by atoms with E-state index in [9.17, 15) is 18.0 Å². The number of rotatable bonds is 1. The van der Waals surface area contributed by atoms with E-state index < -0.39 is 17.3 Å². The smallest absolute Gasteiger partial charge is 0.318 e. The fourth-order valence-corrected chi connectivity index (χ4v) is 1.98. The summed E-state index contributed by atoms with van der Waals surface area (Å²) >= 11 is 5.76. The Morgan fingerprint density at radius 3 is 2.47 bits per heavy atom. The van der Waals surface area contributed by atoms with E-state index in [1.807, 2.05) is 0 Å². The van der Waals surface area contributed by atoms with Crippen molar-refractivity contribution in [3.05, 3.63) is 57.5 Å². The average Bonchev–Trinajstić information content (AvgIpc) is 2.31. The van der Waals surface area contributed by atoms with Crippen molar-refractivity contribution in [2.24, 2.45) is 7.05 Å². The van der Waals surface area contributed by atoms with Gasteiger partial charge in [-0.2, -0.15) is 13.2 Å². The molecule has 0 radical (unpaired) electrons. The Bertz CT molecular complexity index is 676. The number of hydrogen-bond donors (Lipinski definition) is 0. The minimum atomic E-state index is -4.59. The summed E-state index contributed by atoms with van der Waals surface area (Å²) < 4.78 is 40.0. The Balaban J connectivity index is 2.81. The summed E-state index contributed by atoms with van der Waals surface area (Å²) in [5.74, 6) is 0. The summed E-state index contributed by atoms with van der Waals surface area (Å²) in [6.07, 6.45) is -3.50. The lowest BCUT2D eigenvalue weighted by atomic mass is 10.0. The van der Waals surface area contributed by atoms with Gasteiger partial charge in [0.25, 0.3) is 5.56 Å². The van der Waals surface area contributed by atoms with E-state index in [1.165, 1.54) is 31.3 Å². The van der Waals surface area contributed by atoms with Crippen LogP contribution >= 0.6 is 11.6 Å². The largest absolute Gasteiger partial charge is 0.417 e. The van der Waals surface area contributed by atoms with Gasteiger partial charge >= 0.3 is 6.18 Å². The molecule has 0 spiro atoms. The minimum absolute atomic E-state index is 0.154. The maximum atomic E-state index is 13.0. The Morgan fingerprint density at radius 1 is 1.21 bits per heavy atom. The van der Waals surface area contributed by atoms with Crippen LogP contribution in [0.25, 0.3) is 11.1 Å². The highest BCUT2D eigenvalue weighted by atomic mass is 35.5. The highest BCUT2D eigenvalue weighted by Gasteiger charge is 2.35. The van der Waals surface area contributed by atoms with Crippen LogP contribution in [0.5, 0.6) is 0 Å². The lowest BCUT2D eigenvalue weighted by Crippen LogP contribution is -2.23. The van der Waals surface area contributed by atoms with Gasteiger partial charge in [-0.25, -0.2) is 0 Å². The molecule has 100 valence electrons. The van der Waals surface area contributed by atoms with E-state index in [4.69, 9.17) is 11.6 Å². The summed E-state index contributed by atoms with van der Waals surface area (Å²) in [6.45, 7) is 0. The van der Waals surface area contributed by atoms with Crippen LogP contribution in [0.15, 0.2) is 41.3 Å². The zero-order valence-corrected chi connectivity index (χ0v) is 10.6. The maximum absolute atomic E-state index is 13.0. The molecule has 0 saturated carbocycles. The first kappa shape index (κ1) is 13.7. The second kappa shape index (κ2) is 4.74. The minimum Gasteiger partial charge on any atom is -0.318 e. The zero-order valence-electron chi connectivity index (χ0n) is 9.83. The van der Waals surface area contributed by atoms with Crippen molar-refractivity contribution in [1.29, 1.82) is 0 Å². The summed E-state index contributed by atoms with van der Waals surface area (Å²) in [7, 11) is 1.40. The first-order valence-corrected chi connectivity index (χ1v) is 5.71. The summed E-state index contributed by atoms with van der Waals surface area (Å²) in [5, 5.41) is 0.275. The highest BCUT2D eigenvalue weighted by Crippen LogP contribution is 2.35. The molecule has 1 aromatic heterocycles. The highest BCUT2D eigenvalue weighted by molar-refractivity contribution is 6.30. The molecule has 0 atom stereocenters. The lowest BCUT2D eigenvalue weighted by molar-refractivity contribution is -0.137. The number of halogens is 4. The zero-order chi connectivity index (χ0) is 14.2. The van der Waals surface area contributed by atoms with Crippen molar-refractivity contribution in [1.82, 2.24) is 4.57 Å². The van der Waals surface area contributed by atoms with Gasteiger partial charge in [-0.05, 0) is 23.8 Å². The Morgan fingerprint density at radius 2 is 1.89 bits per heavy atom. The monoisotopic (exact) mass is 287 g/mol. The summed E-state index contributed by atoms with van der Waals surface area (Å²) in [4.78, 5) is 12.0. The molecule has 2 nitrogen and oxygen atoms in total. The van der Waals surface area contributed by atoms with Crippen LogP contribution in [0.1, 0.15) is 5.56 Å².